The Morgan fingerprint density at radius 2 is 2.39 bits per heavy atom. The van der Waals surface area contributed by atoms with E-state index in [0.717, 1.165) is 17.7 Å². The van der Waals surface area contributed by atoms with Gasteiger partial charge in [-0.05, 0) is 26.0 Å². The lowest BCUT2D eigenvalue weighted by Gasteiger charge is -2.13. The molecule has 3 rings (SSSR count). The van der Waals surface area contributed by atoms with Crippen molar-refractivity contribution in [3.8, 4) is 11.5 Å². The Balaban J connectivity index is 1.70. The van der Waals surface area contributed by atoms with Crippen LogP contribution in [0.4, 0.5) is 5.69 Å². The first-order valence-electron chi connectivity index (χ1n) is 7.89. The van der Waals surface area contributed by atoms with Gasteiger partial charge in [-0.15, -0.1) is 0 Å². The van der Waals surface area contributed by atoms with Crippen molar-refractivity contribution in [1.82, 2.24) is 9.78 Å². The van der Waals surface area contributed by atoms with E-state index in [2.05, 4.69) is 10.4 Å². The molecule has 1 N–H and O–H groups in total. The number of nitrogens with one attached hydrogen (secondary N) is 1. The van der Waals surface area contributed by atoms with Gasteiger partial charge in [0.25, 0.3) is 0 Å². The van der Waals surface area contributed by atoms with E-state index in [4.69, 9.17) is 9.47 Å². The topological polar surface area (TPSA) is 65.4 Å². The third-order valence-corrected chi connectivity index (χ3v) is 3.70. The maximum atomic E-state index is 12.2. The van der Waals surface area contributed by atoms with E-state index in [1.165, 1.54) is 0 Å². The summed E-state index contributed by atoms with van der Waals surface area (Å²) in [5.41, 5.74) is 1.78. The van der Waals surface area contributed by atoms with Gasteiger partial charge < -0.3 is 14.8 Å². The SMILES string of the molecule is CCOc1cc2c(cc1NC(=O)CCn1cccn1)O[C@H](C)C2. The largest absolute Gasteiger partial charge is 0.492 e. The van der Waals surface area contributed by atoms with Crippen LogP contribution in [-0.2, 0) is 17.8 Å². The molecular formula is C17H21N3O3. The van der Waals surface area contributed by atoms with Crippen LogP contribution in [0.1, 0.15) is 25.8 Å². The van der Waals surface area contributed by atoms with Crippen molar-refractivity contribution in [1.29, 1.82) is 0 Å². The number of hydrogen-bond donors (Lipinski definition) is 1. The van der Waals surface area contributed by atoms with Gasteiger partial charge in [0, 0.05) is 43.4 Å². The van der Waals surface area contributed by atoms with Gasteiger partial charge in [-0.3, -0.25) is 9.48 Å². The molecule has 2 heterocycles. The summed E-state index contributed by atoms with van der Waals surface area (Å²) >= 11 is 0. The van der Waals surface area contributed by atoms with E-state index >= 15 is 0 Å². The van der Waals surface area contributed by atoms with Crippen LogP contribution in [0.2, 0.25) is 0 Å². The minimum atomic E-state index is -0.0764. The number of aromatic nitrogens is 2. The van der Waals surface area contributed by atoms with Crippen molar-refractivity contribution >= 4 is 11.6 Å². The fourth-order valence-corrected chi connectivity index (χ4v) is 2.67. The van der Waals surface area contributed by atoms with E-state index in [1.54, 1.807) is 10.9 Å². The number of benzene rings is 1. The molecule has 122 valence electrons. The van der Waals surface area contributed by atoms with E-state index in [0.29, 0.717) is 31.0 Å². The Morgan fingerprint density at radius 1 is 1.52 bits per heavy atom. The van der Waals surface area contributed by atoms with Crippen molar-refractivity contribution < 1.29 is 14.3 Å². The smallest absolute Gasteiger partial charge is 0.226 e. The summed E-state index contributed by atoms with van der Waals surface area (Å²) in [6.45, 7) is 5.05. The van der Waals surface area contributed by atoms with Gasteiger partial charge in [0.15, 0.2) is 0 Å². The molecular weight excluding hydrogens is 294 g/mol. The van der Waals surface area contributed by atoms with Crippen molar-refractivity contribution in [2.24, 2.45) is 0 Å². The molecule has 0 saturated carbocycles. The zero-order valence-corrected chi connectivity index (χ0v) is 13.4. The summed E-state index contributed by atoms with van der Waals surface area (Å²) in [6.07, 6.45) is 4.91. The number of aryl methyl sites for hydroxylation is 1. The quantitative estimate of drug-likeness (QED) is 0.890. The van der Waals surface area contributed by atoms with Crippen LogP contribution in [0.3, 0.4) is 0 Å². The number of carbonyl (C=O) groups is 1. The van der Waals surface area contributed by atoms with Crippen molar-refractivity contribution in [2.45, 2.75) is 39.3 Å². The number of hydrogen-bond acceptors (Lipinski definition) is 4. The molecule has 0 saturated heterocycles. The summed E-state index contributed by atoms with van der Waals surface area (Å²) in [5, 5.41) is 7.01. The molecule has 1 atom stereocenters. The van der Waals surface area contributed by atoms with E-state index < -0.39 is 0 Å². The van der Waals surface area contributed by atoms with Crippen LogP contribution in [0.15, 0.2) is 30.6 Å². The molecule has 6 nitrogen and oxygen atoms in total. The van der Waals surface area contributed by atoms with Gasteiger partial charge in [0.2, 0.25) is 5.91 Å². The lowest BCUT2D eigenvalue weighted by atomic mass is 10.1. The number of carbonyl (C=O) groups excluding carboxylic acids is 1. The van der Waals surface area contributed by atoms with Gasteiger partial charge in [-0.25, -0.2) is 0 Å². The summed E-state index contributed by atoms with van der Waals surface area (Å²) < 4.78 is 13.2. The molecule has 0 radical (unpaired) electrons. The summed E-state index contributed by atoms with van der Waals surface area (Å²) in [4.78, 5) is 12.2. The highest BCUT2D eigenvalue weighted by atomic mass is 16.5. The van der Waals surface area contributed by atoms with Crippen LogP contribution in [-0.4, -0.2) is 28.4 Å². The van der Waals surface area contributed by atoms with E-state index in [9.17, 15) is 4.79 Å². The number of amides is 1. The van der Waals surface area contributed by atoms with Crippen LogP contribution < -0.4 is 14.8 Å². The number of fused-ring (bicyclic) bond motifs is 1. The van der Waals surface area contributed by atoms with Gasteiger partial charge in [-0.2, -0.15) is 5.10 Å². The maximum Gasteiger partial charge on any atom is 0.226 e. The lowest BCUT2D eigenvalue weighted by molar-refractivity contribution is -0.116. The van der Waals surface area contributed by atoms with E-state index in [1.807, 2.05) is 38.2 Å². The molecule has 1 aromatic carbocycles. The second kappa shape index (κ2) is 6.73. The number of anilines is 1. The van der Waals surface area contributed by atoms with Gasteiger partial charge in [0.05, 0.1) is 12.3 Å². The third kappa shape index (κ3) is 3.64. The normalized spacial score (nSPS) is 15.8. The average Bonchev–Trinajstić information content (AvgIpc) is 3.14. The molecule has 6 heteroatoms. The van der Waals surface area contributed by atoms with E-state index in [-0.39, 0.29) is 12.0 Å². The predicted molar refractivity (Wildman–Crippen MR) is 86.9 cm³/mol. The first-order valence-corrected chi connectivity index (χ1v) is 7.89. The minimum Gasteiger partial charge on any atom is -0.492 e. The van der Waals surface area contributed by atoms with Crippen LogP contribution in [0, 0.1) is 0 Å². The Bertz CT molecular complexity index is 683. The molecule has 0 fully saturated rings. The zero-order valence-electron chi connectivity index (χ0n) is 13.4. The number of ether oxygens (including phenoxy) is 2. The van der Waals surface area contributed by atoms with Gasteiger partial charge in [-0.1, -0.05) is 0 Å². The van der Waals surface area contributed by atoms with Gasteiger partial charge in [0.1, 0.15) is 17.6 Å². The Morgan fingerprint density at radius 3 is 3.13 bits per heavy atom. The highest BCUT2D eigenvalue weighted by Gasteiger charge is 2.22. The standard InChI is InChI=1S/C17H21N3O3/c1-3-22-16-10-13-9-12(2)23-15(13)11-14(16)19-17(21)5-8-20-7-4-6-18-20/h4,6-7,10-12H,3,5,8-9H2,1-2H3,(H,19,21)/t12-/m1/s1. The molecule has 1 amide bonds. The number of nitrogens with zero attached hydrogens (tertiary/aromatic N) is 2. The third-order valence-electron chi connectivity index (χ3n) is 3.70. The first kappa shape index (κ1) is 15.4. The average molecular weight is 315 g/mol. The second-order valence-electron chi connectivity index (χ2n) is 5.59. The van der Waals surface area contributed by atoms with Crippen molar-refractivity contribution in [3.05, 3.63) is 36.2 Å². The zero-order chi connectivity index (χ0) is 16.2. The summed E-state index contributed by atoms with van der Waals surface area (Å²) in [6, 6.07) is 5.66. The summed E-state index contributed by atoms with van der Waals surface area (Å²) in [5.74, 6) is 1.44. The van der Waals surface area contributed by atoms with Crippen LogP contribution in [0.25, 0.3) is 0 Å². The van der Waals surface area contributed by atoms with Crippen LogP contribution in [0.5, 0.6) is 11.5 Å². The molecule has 0 aliphatic carbocycles. The lowest BCUT2D eigenvalue weighted by Crippen LogP contribution is -2.15. The molecule has 0 bridgehead atoms. The van der Waals surface area contributed by atoms with Crippen molar-refractivity contribution in [3.63, 3.8) is 0 Å². The molecule has 1 aromatic heterocycles. The molecule has 1 aliphatic heterocycles. The maximum absolute atomic E-state index is 12.2. The van der Waals surface area contributed by atoms with Crippen molar-refractivity contribution in [2.75, 3.05) is 11.9 Å². The monoisotopic (exact) mass is 315 g/mol. The second-order valence-corrected chi connectivity index (χ2v) is 5.59. The highest BCUT2D eigenvalue weighted by Crippen LogP contribution is 2.38. The minimum absolute atomic E-state index is 0.0764. The molecule has 0 unspecified atom stereocenters. The molecule has 1 aliphatic rings. The molecule has 0 spiro atoms. The summed E-state index contributed by atoms with van der Waals surface area (Å²) in [7, 11) is 0. The molecule has 23 heavy (non-hydrogen) atoms. The van der Waals surface area contributed by atoms with Gasteiger partial charge >= 0.3 is 0 Å². The Kier molecular flexibility index (Phi) is 4.50. The first-order chi connectivity index (χ1) is 11.2. The fraction of sp³-hybridized carbons (Fsp3) is 0.412. The Labute approximate surface area is 135 Å². The predicted octanol–water partition coefficient (Wildman–Crippen LogP) is 2.63. The fourth-order valence-electron chi connectivity index (χ4n) is 2.67. The molecule has 2 aromatic rings. The number of rotatable bonds is 6. The Hall–Kier alpha value is -2.50. The highest BCUT2D eigenvalue weighted by molar-refractivity contribution is 5.92. The van der Waals surface area contributed by atoms with Crippen LogP contribution >= 0.6 is 0 Å².